The lowest BCUT2D eigenvalue weighted by atomic mass is 10.2. The van der Waals surface area contributed by atoms with Gasteiger partial charge in [-0.25, -0.2) is 0 Å². The van der Waals surface area contributed by atoms with Crippen molar-refractivity contribution >= 4 is 5.97 Å². The first-order chi connectivity index (χ1) is 7.29. The zero-order valence-electron chi connectivity index (χ0n) is 9.58. The summed E-state index contributed by atoms with van der Waals surface area (Å²) in [5.74, 6) is -0.662. The summed E-state index contributed by atoms with van der Waals surface area (Å²) in [6.07, 6.45) is 8.84. The molecule has 0 aromatic rings. The van der Waals surface area contributed by atoms with Crippen molar-refractivity contribution in [1.82, 2.24) is 4.90 Å². The van der Waals surface area contributed by atoms with Gasteiger partial charge in [-0.05, 0) is 45.3 Å². The number of unbranched alkanes of at least 4 members (excludes halogenated alkanes) is 2. The first-order valence-corrected chi connectivity index (χ1v) is 6.23. The second-order valence-electron chi connectivity index (χ2n) is 4.46. The van der Waals surface area contributed by atoms with Gasteiger partial charge in [-0.1, -0.05) is 19.3 Å². The van der Waals surface area contributed by atoms with Crippen molar-refractivity contribution in [1.29, 1.82) is 0 Å². The van der Waals surface area contributed by atoms with Gasteiger partial charge in [-0.15, -0.1) is 0 Å². The molecule has 88 valence electrons. The number of likely N-dealkylation sites (tertiary alicyclic amines) is 1. The highest BCUT2D eigenvalue weighted by Gasteiger charge is 2.07. The number of carboxylic acid groups (broad SMARTS) is 1. The van der Waals surface area contributed by atoms with Gasteiger partial charge >= 0.3 is 5.97 Å². The van der Waals surface area contributed by atoms with Crippen LogP contribution >= 0.6 is 0 Å². The zero-order valence-corrected chi connectivity index (χ0v) is 9.58. The van der Waals surface area contributed by atoms with Crippen LogP contribution in [-0.4, -0.2) is 35.6 Å². The van der Waals surface area contributed by atoms with E-state index in [0.717, 1.165) is 19.3 Å². The molecule has 1 fully saturated rings. The molecule has 0 aliphatic carbocycles. The average molecular weight is 213 g/mol. The van der Waals surface area contributed by atoms with E-state index in [1.165, 1.54) is 45.3 Å². The van der Waals surface area contributed by atoms with Crippen LogP contribution < -0.4 is 0 Å². The third-order valence-corrected chi connectivity index (χ3v) is 3.06. The van der Waals surface area contributed by atoms with E-state index in [2.05, 4.69) is 4.90 Å². The molecule has 3 heteroatoms. The van der Waals surface area contributed by atoms with Crippen LogP contribution in [0.15, 0.2) is 0 Å². The maximum Gasteiger partial charge on any atom is 0.303 e. The van der Waals surface area contributed by atoms with Crippen LogP contribution in [0.1, 0.15) is 51.4 Å². The molecule has 1 N–H and O–H groups in total. The Morgan fingerprint density at radius 1 is 1.00 bits per heavy atom. The molecule has 0 spiro atoms. The van der Waals surface area contributed by atoms with Crippen molar-refractivity contribution < 1.29 is 9.90 Å². The van der Waals surface area contributed by atoms with Gasteiger partial charge in [0, 0.05) is 6.42 Å². The molecule has 1 rings (SSSR count). The van der Waals surface area contributed by atoms with Gasteiger partial charge in [-0.2, -0.15) is 0 Å². The number of nitrogens with zero attached hydrogens (tertiary/aromatic N) is 1. The fourth-order valence-corrected chi connectivity index (χ4v) is 2.15. The Balaban J connectivity index is 1.96. The zero-order chi connectivity index (χ0) is 10.9. The fourth-order valence-electron chi connectivity index (χ4n) is 2.15. The summed E-state index contributed by atoms with van der Waals surface area (Å²) in [6.45, 7) is 3.66. The predicted molar refractivity (Wildman–Crippen MR) is 61.0 cm³/mol. The maximum absolute atomic E-state index is 10.3. The van der Waals surface area contributed by atoms with E-state index in [1.807, 2.05) is 0 Å². The highest BCUT2D eigenvalue weighted by Crippen LogP contribution is 2.10. The van der Waals surface area contributed by atoms with Crippen LogP contribution in [0.3, 0.4) is 0 Å². The molecule has 0 radical (unpaired) electrons. The third-order valence-electron chi connectivity index (χ3n) is 3.06. The van der Waals surface area contributed by atoms with Crippen LogP contribution in [-0.2, 0) is 4.79 Å². The van der Waals surface area contributed by atoms with Crippen LogP contribution in [0.25, 0.3) is 0 Å². The Labute approximate surface area is 92.5 Å². The van der Waals surface area contributed by atoms with E-state index in [0.29, 0.717) is 6.42 Å². The van der Waals surface area contributed by atoms with E-state index >= 15 is 0 Å². The number of carbonyl (C=O) groups is 1. The summed E-state index contributed by atoms with van der Waals surface area (Å²) in [4.78, 5) is 12.8. The number of hydrogen-bond acceptors (Lipinski definition) is 2. The first kappa shape index (κ1) is 12.5. The molecule has 0 unspecified atom stereocenters. The number of rotatable bonds is 6. The van der Waals surface area contributed by atoms with Gasteiger partial charge in [0.1, 0.15) is 0 Å². The molecule has 15 heavy (non-hydrogen) atoms. The molecule has 0 bridgehead atoms. The van der Waals surface area contributed by atoms with Gasteiger partial charge in [-0.3, -0.25) is 4.79 Å². The van der Waals surface area contributed by atoms with Crippen LogP contribution in [0.2, 0.25) is 0 Å². The molecular weight excluding hydrogens is 190 g/mol. The summed E-state index contributed by atoms with van der Waals surface area (Å²) in [5.41, 5.74) is 0. The number of carboxylic acids is 1. The molecule has 0 atom stereocenters. The minimum atomic E-state index is -0.662. The molecule has 1 heterocycles. The van der Waals surface area contributed by atoms with Crippen LogP contribution in [0.5, 0.6) is 0 Å². The van der Waals surface area contributed by atoms with Gasteiger partial charge in [0.05, 0.1) is 0 Å². The van der Waals surface area contributed by atoms with E-state index < -0.39 is 5.97 Å². The van der Waals surface area contributed by atoms with Gasteiger partial charge in [0.2, 0.25) is 0 Å². The van der Waals surface area contributed by atoms with Crippen molar-refractivity contribution in [2.75, 3.05) is 19.6 Å². The Hall–Kier alpha value is -0.570. The van der Waals surface area contributed by atoms with E-state index in [1.54, 1.807) is 0 Å². The Kier molecular flexibility index (Phi) is 6.41. The van der Waals surface area contributed by atoms with Gasteiger partial charge in [0.25, 0.3) is 0 Å². The maximum atomic E-state index is 10.3. The number of hydrogen-bond donors (Lipinski definition) is 1. The Morgan fingerprint density at radius 2 is 1.67 bits per heavy atom. The molecule has 1 aliphatic rings. The predicted octanol–water partition coefficient (Wildman–Crippen LogP) is 2.51. The first-order valence-electron chi connectivity index (χ1n) is 6.23. The van der Waals surface area contributed by atoms with Crippen molar-refractivity contribution in [2.24, 2.45) is 0 Å². The van der Waals surface area contributed by atoms with Crippen molar-refractivity contribution in [2.45, 2.75) is 51.4 Å². The number of aliphatic carboxylic acids is 1. The minimum Gasteiger partial charge on any atom is -0.481 e. The molecule has 0 aromatic heterocycles. The van der Waals surface area contributed by atoms with Crippen LogP contribution in [0.4, 0.5) is 0 Å². The van der Waals surface area contributed by atoms with Crippen LogP contribution in [0, 0.1) is 0 Å². The van der Waals surface area contributed by atoms with Gasteiger partial charge < -0.3 is 10.0 Å². The lowest BCUT2D eigenvalue weighted by Crippen LogP contribution is -2.25. The SMILES string of the molecule is O=C(O)CCCCCN1CCCCCC1. The molecule has 3 nitrogen and oxygen atoms in total. The summed E-state index contributed by atoms with van der Waals surface area (Å²) in [5, 5.41) is 8.49. The highest BCUT2D eigenvalue weighted by molar-refractivity contribution is 5.66. The molecular formula is C12H23NO2. The standard InChI is InChI=1S/C12H23NO2/c14-12(15)8-4-3-7-11-13-9-5-1-2-6-10-13/h1-11H2,(H,14,15). The largest absolute Gasteiger partial charge is 0.481 e. The van der Waals surface area contributed by atoms with E-state index in [9.17, 15) is 4.79 Å². The summed E-state index contributed by atoms with van der Waals surface area (Å²) >= 11 is 0. The fraction of sp³-hybridized carbons (Fsp3) is 0.917. The van der Waals surface area contributed by atoms with E-state index in [4.69, 9.17) is 5.11 Å². The third kappa shape index (κ3) is 6.50. The quantitative estimate of drug-likeness (QED) is 0.689. The molecule has 0 aromatic carbocycles. The molecule has 1 saturated heterocycles. The molecule has 0 saturated carbocycles. The Morgan fingerprint density at radius 3 is 2.27 bits per heavy atom. The lowest BCUT2D eigenvalue weighted by molar-refractivity contribution is -0.137. The molecule has 0 amide bonds. The Bertz CT molecular complexity index is 174. The van der Waals surface area contributed by atoms with Gasteiger partial charge in [0.15, 0.2) is 0 Å². The highest BCUT2D eigenvalue weighted by atomic mass is 16.4. The van der Waals surface area contributed by atoms with Crippen molar-refractivity contribution in [3.8, 4) is 0 Å². The second-order valence-corrected chi connectivity index (χ2v) is 4.46. The normalized spacial score (nSPS) is 18.7. The van der Waals surface area contributed by atoms with E-state index in [-0.39, 0.29) is 0 Å². The smallest absolute Gasteiger partial charge is 0.303 e. The van der Waals surface area contributed by atoms with Crippen molar-refractivity contribution in [3.63, 3.8) is 0 Å². The average Bonchev–Trinajstić information content (AvgIpc) is 2.45. The van der Waals surface area contributed by atoms with Crippen molar-refractivity contribution in [3.05, 3.63) is 0 Å². The topological polar surface area (TPSA) is 40.5 Å². The minimum absolute atomic E-state index is 0.333. The molecule has 1 aliphatic heterocycles. The summed E-state index contributed by atoms with van der Waals surface area (Å²) in [6, 6.07) is 0. The summed E-state index contributed by atoms with van der Waals surface area (Å²) in [7, 11) is 0. The lowest BCUT2D eigenvalue weighted by Gasteiger charge is -2.19. The second kappa shape index (κ2) is 7.69. The monoisotopic (exact) mass is 213 g/mol. The summed E-state index contributed by atoms with van der Waals surface area (Å²) < 4.78 is 0.